The first-order valence-corrected chi connectivity index (χ1v) is 25.5. The van der Waals surface area contributed by atoms with E-state index in [0.29, 0.717) is 48.0 Å². The Hall–Kier alpha value is -1.75. The van der Waals surface area contributed by atoms with Gasteiger partial charge in [-0.2, -0.15) is 0 Å². The molecule has 10 heteroatoms. The van der Waals surface area contributed by atoms with Crippen LogP contribution in [-0.2, 0) is 42.8 Å². The molecule has 0 aromatic rings. The highest BCUT2D eigenvalue weighted by Gasteiger charge is 2.65. The highest BCUT2D eigenvalue weighted by Crippen LogP contribution is 2.65. The third-order valence-electron chi connectivity index (χ3n) is 21.4. The summed E-state index contributed by atoms with van der Waals surface area (Å²) in [4.78, 5) is 38.2. The van der Waals surface area contributed by atoms with Crippen molar-refractivity contribution in [3.63, 3.8) is 0 Å². The topological polar surface area (TPSA) is 127 Å². The number of aliphatic hydroxyl groups is 1. The summed E-state index contributed by atoms with van der Waals surface area (Å²) in [5, 5.41) is 9.09. The van der Waals surface area contributed by atoms with Crippen LogP contribution in [0.2, 0.25) is 0 Å². The van der Waals surface area contributed by atoms with E-state index in [1.165, 1.54) is 57.8 Å². The Kier molecular flexibility index (Phi) is 11.2. The number of rotatable bonds is 6. The van der Waals surface area contributed by atoms with Gasteiger partial charge in [0.2, 0.25) is 6.10 Å². The fourth-order valence-corrected chi connectivity index (χ4v) is 17.6. The first-order valence-electron chi connectivity index (χ1n) is 25.5. The van der Waals surface area contributed by atoms with Crippen molar-refractivity contribution < 1.29 is 47.9 Å². The van der Waals surface area contributed by atoms with Crippen LogP contribution in [0.3, 0.4) is 0 Å². The van der Waals surface area contributed by atoms with E-state index in [-0.39, 0.29) is 34.8 Å². The average molecular weight is 865 g/mol. The van der Waals surface area contributed by atoms with Crippen LogP contribution in [0, 0.1) is 112 Å². The van der Waals surface area contributed by atoms with Gasteiger partial charge in [0.15, 0.2) is 24.3 Å². The van der Waals surface area contributed by atoms with Crippen LogP contribution in [0.4, 0.5) is 0 Å². The molecule has 0 amide bonds. The summed E-state index contributed by atoms with van der Waals surface area (Å²) < 4.78 is 34.7. The summed E-state index contributed by atoms with van der Waals surface area (Å²) in [6, 6.07) is 0. The Morgan fingerprint density at radius 1 is 0.645 bits per heavy atom. The Bertz CT molecular complexity index is 1690. The quantitative estimate of drug-likeness (QED) is 0.204. The van der Waals surface area contributed by atoms with Gasteiger partial charge in [-0.3, -0.25) is 9.59 Å². The highest BCUT2D eigenvalue weighted by atomic mass is 16.9. The summed E-state index contributed by atoms with van der Waals surface area (Å²) in [5.41, 5.74) is -0.00921. The molecule has 10 bridgehead atoms. The minimum Gasteiger partial charge on any atom is -0.459 e. The van der Waals surface area contributed by atoms with Crippen LogP contribution >= 0.6 is 0 Å². The van der Waals surface area contributed by atoms with Gasteiger partial charge in [-0.1, -0.05) is 41.5 Å². The molecule has 1 N–H and O–H groups in total. The lowest BCUT2D eigenvalue weighted by atomic mass is 9.46. The maximum absolute atomic E-state index is 13.2. The number of ether oxygens (including phenoxy) is 6. The first-order chi connectivity index (χ1) is 29.3. The van der Waals surface area contributed by atoms with E-state index in [2.05, 4.69) is 55.4 Å². The average Bonchev–Trinajstić information content (AvgIpc) is 4.10. The predicted octanol–water partition coefficient (Wildman–Crippen LogP) is 8.99. The monoisotopic (exact) mass is 865 g/mol. The molecule has 10 saturated carbocycles. The van der Waals surface area contributed by atoms with Crippen LogP contribution in [0.5, 0.6) is 0 Å². The molecule has 0 aromatic carbocycles. The van der Waals surface area contributed by atoms with Crippen LogP contribution in [0.15, 0.2) is 0 Å². The van der Waals surface area contributed by atoms with Gasteiger partial charge in [0.05, 0.1) is 11.8 Å². The second kappa shape index (κ2) is 15.7. The molecule has 13 fully saturated rings. The lowest BCUT2D eigenvalue weighted by Crippen LogP contribution is -2.57. The van der Waals surface area contributed by atoms with E-state index in [1.807, 2.05) is 0 Å². The van der Waals surface area contributed by atoms with Crippen molar-refractivity contribution >= 4 is 17.9 Å². The molecule has 13 rings (SSSR count). The largest absolute Gasteiger partial charge is 0.459 e. The lowest BCUT2D eigenvalue weighted by Gasteiger charge is -2.61. The molecular weight excluding hydrogens is 785 g/mol. The van der Waals surface area contributed by atoms with Gasteiger partial charge < -0.3 is 33.5 Å². The molecular formula is C52H80O10. The summed E-state index contributed by atoms with van der Waals surface area (Å²) in [6.45, 7) is 22.5. The van der Waals surface area contributed by atoms with E-state index in [4.69, 9.17) is 33.5 Å². The standard InChI is InChI=1S/C23H36O2.C19H26O7.C10H18O/c1-13-14(2)19-8-18(13)9-20(19)21(24)25-22(3,4)23-10-15-5-16(11-23)7-17(6-15)12-23;1-7-8(2)10-5-9(7)6-11(10)16(20)23-14-12-13(22-17(14)21)15-18(24-12)26-19(3,4)25-15;1-6-7(2)10-4-8(6)3-9(10)5-11/h13-20H,5-12H2,1-4H3;7-15,18H,5-6H2,1-4H3;6-11H,3-5H2,1-2H3. The van der Waals surface area contributed by atoms with Gasteiger partial charge in [-0.15, -0.1) is 0 Å². The van der Waals surface area contributed by atoms with Crippen molar-refractivity contribution in [3.8, 4) is 0 Å². The van der Waals surface area contributed by atoms with Crippen molar-refractivity contribution in [2.75, 3.05) is 6.61 Å². The van der Waals surface area contributed by atoms with Gasteiger partial charge in [-0.25, -0.2) is 4.79 Å². The van der Waals surface area contributed by atoms with E-state index in [9.17, 15) is 14.4 Å². The third kappa shape index (κ3) is 7.16. The number of carbonyl (C=O) groups excluding carboxylic acids is 3. The number of esters is 3. The fraction of sp³-hybridized carbons (Fsp3) is 0.942. The number of carbonyl (C=O) groups is 3. The van der Waals surface area contributed by atoms with Crippen molar-refractivity contribution in [3.05, 3.63) is 0 Å². The van der Waals surface area contributed by atoms with Gasteiger partial charge in [0.25, 0.3) is 0 Å². The second-order valence-corrected chi connectivity index (χ2v) is 25.0. The van der Waals surface area contributed by atoms with E-state index < -0.39 is 42.5 Å². The SMILES string of the molecule is CC1C2CC(C(=O)OC(C)(C)C34CC5CC(CC(C5)C3)C4)C(C2)C1C.CC1C2CC(C(=O)OC3C(=O)OC4C5OC(C)(C)OC5OC34)C(C2)C1C.CC1C2CC(CO)C(C2)C1C. The Morgan fingerprint density at radius 3 is 1.63 bits per heavy atom. The second-order valence-electron chi connectivity index (χ2n) is 25.0. The van der Waals surface area contributed by atoms with E-state index in [1.54, 1.807) is 13.8 Å². The molecule has 3 heterocycles. The van der Waals surface area contributed by atoms with E-state index in [0.717, 1.165) is 72.5 Å². The number of aliphatic hydroxyl groups excluding tert-OH is 1. The van der Waals surface area contributed by atoms with Gasteiger partial charge in [0.1, 0.15) is 11.7 Å². The highest BCUT2D eigenvalue weighted by molar-refractivity contribution is 5.83. The number of fused-ring (bicyclic) bond motifs is 9. The summed E-state index contributed by atoms with van der Waals surface area (Å²) in [5.74, 6) is 10.5. The molecule has 0 spiro atoms. The van der Waals surface area contributed by atoms with Crippen molar-refractivity contribution in [2.24, 2.45) is 112 Å². The maximum Gasteiger partial charge on any atom is 0.350 e. The van der Waals surface area contributed by atoms with Crippen LogP contribution in [-0.4, -0.2) is 71.7 Å². The van der Waals surface area contributed by atoms with Gasteiger partial charge in [-0.05, 0) is 199 Å². The van der Waals surface area contributed by atoms with Crippen molar-refractivity contribution in [1.82, 2.24) is 0 Å². The number of hydrogen-bond donors (Lipinski definition) is 1. The van der Waals surface area contributed by atoms with Crippen LogP contribution < -0.4 is 0 Å². The van der Waals surface area contributed by atoms with Crippen molar-refractivity contribution in [1.29, 1.82) is 0 Å². The van der Waals surface area contributed by atoms with Gasteiger partial charge in [0, 0.05) is 12.0 Å². The number of hydrogen-bond acceptors (Lipinski definition) is 10. The lowest BCUT2D eigenvalue weighted by molar-refractivity contribution is -0.217. The Labute approximate surface area is 371 Å². The minimum absolute atomic E-state index is 0.120. The molecule has 62 heavy (non-hydrogen) atoms. The predicted molar refractivity (Wildman–Crippen MR) is 230 cm³/mol. The van der Waals surface area contributed by atoms with E-state index >= 15 is 0 Å². The molecule has 10 aliphatic carbocycles. The molecule has 10 nitrogen and oxygen atoms in total. The zero-order chi connectivity index (χ0) is 43.9. The van der Waals surface area contributed by atoms with Crippen molar-refractivity contribution in [2.45, 2.75) is 188 Å². The van der Waals surface area contributed by atoms with Gasteiger partial charge >= 0.3 is 17.9 Å². The van der Waals surface area contributed by atoms with Crippen LogP contribution in [0.25, 0.3) is 0 Å². The van der Waals surface area contributed by atoms with Crippen LogP contribution in [0.1, 0.15) is 146 Å². The first kappa shape index (κ1) is 44.1. The molecule has 0 aromatic heterocycles. The molecule has 20 unspecified atom stereocenters. The summed E-state index contributed by atoms with van der Waals surface area (Å²) in [7, 11) is 0. The molecule has 0 radical (unpaired) electrons. The molecule has 348 valence electrons. The molecule has 3 saturated heterocycles. The smallest absolute Gasteiger partial charge is 0.350 e. The Balaban J connectivity index is 0.000000120. The normalized spacial score (nSPS) is 53.8. The molecule has 20 atom stereocenters. The minimum atomic E-state index is -1.03. The maximum atomic E-state index is 13.2. The summed E-state index contributed by atoms with van der Waals surface area (Å²) >= 11 is 0. The molecule has 13 aliphatic rings. The zero-order valence-corrected chi connectivity index (χ0v) is 39.6. The molecule has 3 aliphatic heterocycles. The zero-order valence-electron chi connectivity index (χ0n) is 39.6. The summed E-state index contributed by atoms with van der Waals surface area (Å²) in [6.07, 6.45) is 11.9. The third-order valence-corrected chi connectivity index (χ3v) is 21.4. The Morgan fingerprint density at radius 2 is 1.15 bits per heavy atom. The fourth-order valence-electron chi connectivity index (χ4n) is 17.6.